The first-order valence-corrected chi connectivity index (χ1v) is 6.65. The van der Waals surface area contributed by atoms with Gasteiger partial charge in [0.15, 0.2) is 0 Å². The number of carboxylic acids is 1. The third-order valence-corrected chi connectivity index (χ3v) is 4.80. The van der Waals surface area contributed by atoms with Gasteiger partial charge in [0.05, 0.1) is 5.41 Å². The molecule has 0 bridgehead atoms. The molecule has 0 aromatic rings. The molecular weight excluding hydrogens is 240 g/mol. The van der Waals surface area contributed by atoms with Crippen LogP contribution in [0, 0.1) is 11.3 Å². The fourth-order valence-corrected chi connectivity index (χ4v) is 3.42. The molecule has 5 heteroatoms. The van der Waals surface area contributed by atoms with Gasteiger partial charge in [0.2, 0.25) is 5.92 Å². The van der Waals surface area contributed by atoms with Crippen LogP contribution < -0.4 is 0 Å². The molecule has 0 unspecified atom stereocenters. The SMILES string of the molecule is CN1CCC(C2(C(=O)O)CCC(F)(F)CC2)CC1. The van der Waals surface area contributed by atoms with Crippen LogP contribution in [0.2, 0.25) is 0 Å². The van der Waals surface area contributed by atoms with E-state index in [1.54, 1.807) is 0 Å². The predicted octanol–water partition coefficient (Wildman–Crippen LogP) is 2.61. The van der Waals surface area contributed by atoms with Crippen LogP contribution in [0.4, 0.5) is 8.78 Å². The van der Waals surface area contributed by atoms with Crippen LogP contribution in [0.25, 0.3) is 0 Å². The largest absolute Gasteiger partial charge is 0.481 e. The number of carbonyl (C=O) groups is 1. The van der Waals surface area contributed by atoms with E-state index < -0.39 is 17.3 Å². The monoisotopic (exact) mass is 261 g/mol. The van der Waals surface area contributed by atoms with Crippen molar-refractivity contribution in [2.75, 3.05) is 20.1 Å². The number of carboxylic acid groups (broad SMARTS) is 1. The van der Waals surface area contributed by atoms with Crippen molar-refractivity contribution in [2.45, 2.75) is 44.4 Å². The van der Waals surface area contributed by atoms with E-state index in [0.29, 0.717) is 0 Å². The quantitative estimate of drug-likeness (QED) is 0.830. The zero-order valence-corrected chi connectivity index (χ0v) is 10.8. The molecule has 2 rings (SSSR count). The molecule has 0 aromatic carbocycles. The minimum Gasteiger partial charge on any atom is -0.481 e. The van der Waals surface area contributed by atoms with Crippen molar-refractivity contribution in [3.8, 4) is 0 Å². The maximum Gasteiger partial charge on any atom is 0.309 e. The lowest BCUT2D eigenvalue weighted by atomic mass is 9.62. The molecule has 0 aromatic heterocycles. The standard InChI is InChI=1S/C13H21F2NO2/c1-16-8-2-10(3-9-16)12(11(17)18)4-6-13(14,15)7-5-12/h10H,2-9H2,1H3,(H,17,18). The van der Waals surface area contributed by atoms with Crippen molar-refractivity contribution >= 4 is 5.97 Å². The van der Waals surface area contributed by atoms with Gasteiger partial charge in [0.1, 0.15) is 0 Å². The van der Waals surface area contributed by atoms with Gasteiger partial charge in [-0.2, -0.15) is 0 Å². The third-order valence-electron chi connectivity index (χ3n) is 4.80. The molecular formula is C13H21F2NO2. The second-order valence-electron chi connectivity index (χ2n) is 5.89. The first kappa shape index (κ1) is 13.7. The van der Waals surface area contributed by atoms with Crippen LogP contribution in [0.3, 0.4) is 0 Å². The lowest BCUT2D eigenvalue weighted by molar-refractivity contribution is -0.164. The normalized spacial score (nSPS) is 29.1. The van der Waals surface area contributed by atoms with E-state index >= 15 is 0 Å². The Morgan fingerprint density at radius 1 is 1.17 bits per heavy atom. The summed E-state index contributed by atoms with van der Waals surface area (Å²) >= 11 is 0. The molecule has 0 amide bonds. The maximum atomic E-state index is 13.2. The van der Waals surface area contributed by atoms with Crippen LogP contribution >= 0.6 is 0 Å². The van der Waals surface area contributed by atoms with Crippen LogP contribution in [-0.2, 0) is 4.79 Å². The third kappa shape index (κ3) is 2.51. The Balaban J connectivity index is 2.11. The number of piperidine rings is 1. The number of hydrogen-bond acceptors (Lipinski definition) is 2. The zero-order chi connectivity index (χ0) is 13.4. The molecule has 0 atom stereocenters. The molecule has 1 N–H and O–H groups in total. The topological polar surface area (TPSA) is 40.5 Å². The summed E-state index contributed by atoms with van der Waals surface area (Å²) in [5, 5.41) is 9.52. The lowest BCUT2D eigenvalue weighted by Gasteiger charge is -2.45. The number of aliphatic carboxylic acids is 1. The molecule has 1 heterocycles. The summed E-state index contributed by atoms with van der Waals surface area (Å²) in [6.07, 6.45) is 1.34. The highest BCUT2D eigenvalue weighted by Gasteiger charge is 2.52. The van der Waals surface area contributed by atoms with Crippen molar-refractivity contribution in [2.24, 2.45) is 11.3 Å². The van der Waals surface area contributed by atoms with Crippen molar-refractivity contribution in [1.82, 2.24) is 4.90 Å². The highest BCUT2D eigenvalue weighted by Crippen LogP contribution is 2.50. The first-order chi connectivity index (χ1) is 8.36. The molecule has 0 radical (unpaired) electrons. The summed E-state index contributed by atoms with van der Waals surface area (Å²) in [5.74, 6) is -3.47. The Morgan fingerprint density at radius 3 is 2.11 bits per heavy atom. The molecule has 0 spiro atoms. The molecule has 104 valence electrons. The van der Waals surface area contributed by atoms with E-state index in [4.69, 9.17) is 0 Å². The van der Waals surface area contributed by atoms with Gasteiger partial charge < -0.3 is 10.0 Å². The summed E-state index contributed by atoms with van der Waals surface area (Å²) in [5.41, 5.74) is -0.900. The number of nitrogens with zero attached hydrogens (tertiary/aromatic N) is 1. The number of halogens is 2. The smallest absolute Gasteiger partial charge is 0.309 e. The van der Waals surface area contributed by atoms with Gasteiger partial charge in [-0.3, -0.25) is 4.79 Å². The van der Waals surface area contributed by atoms with E-state index in [1.165, 1.54) is 0 Å². The summed E-state index contributed by atoms with van der Waals surface area (Å²) in [7, 11) is 2.01. The molecule has 1 saturated heterocycles. The van der Waals surface area contributed by atoms with Crippen molar-refractivity contribution in [3.05, 3.63) is 0 Å². The van der Waals surface area contributed by atoms with Gasteiger partial charge in [-0.05, 0) is 51.7 Å². The molecule has 2 aliphatic rings. The molecule has 3 nitrogen and oxygen atoms in total. The van der Waals surface area contributed by atoms with E-state index in [2.05, 4.69) is 4.90 Å². The van der Waals surface area contributed by atoms with E-state index in [-0.39, 0.29) is 31.6 Å². The lowest BCUT2D eigenvalue weighted by Crippen LogP contribution is -2.48. The first-order valence-electron chi connectivity index (χ1n) is 6.65. The Labute approximate surface area is 106 Å². The Kier molecular flexibility index (Phi) is 3.63. The van der Waals surface area contributed by atoms with Gasteiger partial charge in [-0.15, -0.1) is 0 Å². The average molecular weight is 261 g/mol. The molecule has 2 fully saturated rings. The Hall–Kier alpha value is -0.710. The molecule has 1 aliphatic carbocycles. The van der Waals surface area contributed by atoms with Crippen molar-refractivity contribution in [1.29, 1.82) is 0 Å². The number of rotatable bonds is 2. The second kappa shape index (κ2) is 4.76. The highest BCUT2D eigenvalue weighted by molar-refractivity contribution is 5.75. The predicted molar refractivity (Wildman–Crippen MR) is 63.7 cm³/mol. The van der Waals surface area contributed by atoms with E-state index in [0.717, 1.165) is 25.9 Å². The Bertz CT molecular complexity index is 315. The summed E-state index contributed by atoms with van der Waals surface area (Å²) in [6, 6.07) is 0. The average Bonchev–Trinajstić information content (AvgIpc) is 2.30. The fourth-order valence-electron chi connectivity index (χ4n) is 3.42. The van der Waals surface area contributed by atoms with Gasteiger partial charge in [0, 0.05) is 12.8 Å². The number of hydrogen-bond donors (Lipinski definition) is 1. The summed E-state index contributed by atoms with van der Waals surface area (Å²) in [4.78, 5) is 13.8. The van der Waals surface area contributed by atoms with Gasteiger partial charge >= 0.3 is 5.97 Å². The second-order valence-corrected chi connectivity index (χ2v) is 5.89. The Morgan fingerprint density at radius 2 is 1.67 bits per heavy atom. The minimum absolute atomic E-state index is 0.0577. The van der Waals surface area contributed by atoms with Crippen LogP contribution in [0.15, 0.2) is 0 Å². The van der Waals surface area contributed by atoms with E-state index in [9.17, 15) is 18.7 Å². The molecule has 1 saturated carbocycles. The minimum atomic E-state index is -2.66. The summed E-state index contributed by atoms with van der Waals surface area (Å²) in [6.45, 7) is 1.74. The van der Waals surface area contributed by atoms with Gasteiger partial charge in [-0.1, -0.05) is 0 Å². The summed E-state index contributed by atoms with van der Waals surface area (Å²) < 4.78 is 26.5. The van der Waals surface area contributed by atoms with Crippen LogP contribution in [0.5, 0.6) is 0 Å². The van der Waals surface area contributed by atoms with Gasteiger partial charge in [-0.25, -0.2) is 8.78 Å². The van der Waals surface area contributed by atoms with Gasteiger partial charge in [0.25, 0.3) is 0 Å². The fraction of sp³-hybridized carbons (Fsp3) is 0.923. The zero-order valence-electron chi connectivity index (χ0n) is 10.8. The molecule has 18 heavy (non-hydrogen) atoms. The number of alkyl halides is 2. The van der Waals surface area contributed by atoms with Crippen molar-refractivity contribution in [3.63, 3.8) is 0 Å². The van der Waals surface area contributed by atoms with Crippen molar-refractivity contribution < 1.29 is 18.7 Å². The maximum absolute atomic E-state index is 13.2. The van der Waals surface area contributed by atoms with Crippen LogP contribution in [0.1, 0.15) is 38.5 Å². The highest BCUT2D eigenvalue weighted by atomic mass is 19.3. The molecule has 1 aliphatic heterocycles. The number of likely N-dealkylation sites (tertiary alicyclic amines) is 1. The van der Waals surface area contributed by atoms with Crippen LogP contribution in [-0.4, -0.2) is 42.0 Å². The van der Waals surface area contributed by atoms with E-state index in [1.807, 2.05) is 7.05 Å².